The van der Waals surface area contributed by atoms with Crippen LogP contribution in [0.1, 0.15) is 41.8 Å². The van der Waals surface area contributed by atoms with Gasteiger partial charge in [0, 0.05) is 30.8 Å². The van der Waals surface area contributed by atoms with E-state index in [1.54, 1.807) is 0 Å². The molecule has 0 spiro atoms. The standard InChI is InChI=1S/C20H25N3O3/c1-14-18(15(2)26-22-14)9-10-19(24)21-17-7-5-16(6-8-17)13-20(25)23-11-3-4-12-23/h5-8H,3-4,9-13H2,1-2H3,(H,21,24). The van der Waals surface area contributed by atoms with Crippen LogP contribution in [-0.4, -0.2) is 35.0 Å². The zero-order valence-electron chi connectivity index (χ0n) is 15.4. The topological polar surface area (TPSA) is 75.4 Å². The number of hydrogen-bond acceptors (Lipinski definition) is 4. The number of carbonyl (C=O) groups excluding carboxylic acids is 2. The van der Waals surface area contributed by atoms with E-state index < -0.39 is 0 Å². The second kappa shape index (κ2) is 8.17. The minimum atomic E-state index is -0.0501. The van der Waals surface area contributed by atoms with Gasteiger partial charge in [0.2, 0.25) is 11.8 Å². The van der Waals surface area contributed by atoms with Crippen LogP contribution in [0.5, 0.6) is 0 Å². The van der Waals surface area contributed by atoms with Crippen LogP contribution in [0.15, 0.2) is 28.8 Å². The normalized spacial score (nSPS) is 13.8. The molecule has 0 bridgehead atoms. The Balaban J connectivity index is 1.49. The third kappa shape index (κ3) is 4.50. The summed E-state index contributed by atoms with van der Waals surface area (Å²) in [6.45, 7) is 5.48. The Labute approximate surface area is 153 Å². The fourth-order valence-corrected chi connectivity index (χ4v) is 3.28. The zero-order valence-corrected chi connectivity index (χ0v) is 15.4. The van der Waals surface area contributed by atoms with Gasteiger partial charge in [-0.05, 0) is 50.8 Å². The molecule has 0 radical (unpaired) electrons. The molecule has 0 unspecified atom stereocenters. The van der Waals surface area contributed by atoms with Gasteiger partial charge < -0.3 is 14.7 Å². The Bertz CT molecular complexity index is 755. The van der Waals surface area contributed by atoms with Gasteiger partial charge in [0.25, 0.3) is 0 Å². The largest absolute Gasteiger partial charge is 0.361 e. The van der Waals surface area contributed by atoms with Crippen molar-refractivity contribution in [3.05, 3.63) is 46.8 Å². The second-order valence-electron chi connectivity index (χ2n) is 6.81. The highest BCUT2D eigenvalue weighted by atomic mass is 16.5. The maximum absolute atomic E-state index is 12.2. The fraction of sp³-hybridized carbons (Fsp3) is 0.450. The number of nitrogens with zero attached hydrogens (tertiary/aromatic N) is 2. The third-order valence-corrected chi connectivity index (χ3v) is 4.84. The molecule has 6 nitrogen and oxygen atoms in total. The summed E-state index contributed by atoms with van der Waals surface area (Å²) >= 11 is 0. The molecule has 1 aromatic heterocycles. The van der Waals surface area contributed by atoms with Crippen molar-refractivity contribution in [2.75, 3.05) is 18.4 Å². The summed E-state index contributed by atoms with van der Waals surface area (Å²) in [6.07, 6.45) is 3.60. The van der Waals surface area contributed by atoms with Crippen LogP contribution in [0.3, 0.4) is 0 Å². The Morgan fingerprint density at radius 2 is 1.85 bits per heavy atom. The number of nitrogens with one attached hydrogen (secondary N) is 1. The molecule has 2 aromatic rings. The fourth-order valence-electron chi connectivity index (χ4n) is 3.28. The van der Waals surface area contributed by atoms with E-state index in [0.29, 0.717) is 19.3 Å². The number of likely N-dealkylation sites (tertiary alicyclic amines) is 1. The van der Waals surface area contributed by atoms with Crippen molar-refractivity contribution in [2.45, 2.75) is 46.0 Å². The van der Waals surface area contributed by atoms with Crippen molar-refractivity contribution in [3.63, 3.8) is 0 Å². The average Bonchev–Trinajstić information content (AvgIpc) is 3.26. The first-order valence-corrected chi connectivity index (χ1v) is 9.11. The molecule has 1 saturated heterocycles. The van der Waals surface area contributed by atoms with Crippen LogP contribution in [0, 0.1) is 13.8 Å². The first kappa shape index (κ1) is 18.2. The molecule has 1 aliphatic rings. The molecule has 0 aliphatic carbocycles. The Morgan fingerprint density at radius 3 is 2.46 bits per heavy atom. The lowest BCUT2D eigenvalue weighted by Gasteiger charge is -2.15. The van der Waals surface area contributed by atoms with E-state index in [2.05, 4.69) is 10.5 Å². The smallest absolute Gasteiger partial charge is 0.226 e. The summed E-state index contributed by atoms with van der Waals surface area (Å²) in [5.41, 5.74) is 3.54. The summed E-state index contributed by atoms with van der Waals surface area (Å²) < 4.78 is 5.11. The summed E-state index contributed by atoms with van der Waals surface area (Å²) in [6, 6.07) is 7.50. The zero-order chi connectivity index (χ0) is 18.5. The van der Waals surface area contributed by atoms with Gasteiger partial charge in [-0.15, -0.1) is 0 Å². The second-order valence-corrected chi connectivity index (χ2v) is 6.81. The molecular weight excluding hydrogens is 330 g/mol. The number of carbonyl (C=O) groups is 2. The van der Waals surface area contributed by atoms with E-state index in [1.807, 2.05) is 43.0 Å². The van der Waals surface area contributed by atoms with Gasteiger partial charge in [0.1, 0.15) is 5.76 Å². The molecule has 1 N–H and O–H groups in total. The van der Waals surface area contributed by atoms with Crippen molar-refractivity contribution in [3.8, 4) is 0 Å². The molecule has 0 atom stereocenters. The molecule has 1 fully saturated rings. The van der Waals surface area contributed by atoms with Crippen LogP contribution < -0.4 is 5.32 Å². The lowest BCUT2D eigenvalue weighted by Crippen LogP contribution is -2.29. The number of amides is 2. The number of benzene rings is 1. The number of aryl methyl sites for hydroxylation is 2. The lowest BCUT2D eigenvalue weighted by molar-refractivity contribution is -0.129. The highest BCUT2D eigenvalue weighted by molar-refractivity contribution is 5.91. The molecule has 2 heterocycles. The number of hydrogen-bond donors (Lipinski definition) is 1. The summed E-state index contributed by atoms with van der Waals surface area (Å²) in [5.74, 6) is 0.895. The summed E-state index contributed by atoms with van der Waals surface area (Å²) in [4.78, 5) is 26.2. The highest BCUT2D eigenvalue weighted by Crippen LogP contribution is 2.16. The van der Waals surface area contributed by atoms with Crippen molar-refractivity contribution >= 4 is 17.5 Å². The maximum Gasteiger partial charge on any atom is 0.226 e. The SMILES string of the molecule is Cc1noc(C)c1CCC(=O)Nc1ccc(CC(=O)N2CCCC2)cc1. The summed E-state index contributed by atoms with van der Waals surface area (Å²) in [7, 11) is 0. The van der Waals surface area contributed by atoms with Gasteiger partial charge in [0.15, 0.2) is 0 Å². The molecule has 26 heavy (non-hydrogen) atoms. The van der Waals surface area contributed by atoms with Crippen molar-refractivity contribution in [2.24, 2.45) is 0 Å². The lowest BCUT2D eigenvalue weighted by atomic mass is 10.1. The van der Waals surface area contributed by atoms with Gasteiger partial charge in [-0.2, -0.15) is 0 Å². The monoisotopic (exact) mass is 355 g/mol. The van der Waals surface area contributed by atoms with Gasteiger partial charge in [-0.3, -0.25) is 9.59 Å². The molecule has 1 aliphatic heterocycles. The van der Waals surface area contributed by atoms with E-state index in [4.69, 9.17) is 4.52 Å². The van der Waals surface area contributed by atoms with E-state index in [9.17, 15) is 9.59 Å². The van der Waals surface area contributed by atoms with Crippen LogP contribution in [0.25, 0.3) is 0 Å². The van der Waals surface area contributed by atoms with Crippen molar-refractivity contribution in [1.82, 2.24) is 10.1 Å². The van der Waals surface area contributed by atoms with E-state index in [1.165, 1.54) is 0 Å². The average molecular weight is 355 g/mol. The molecule has 2 amide bonds. The highest BCUT2D eigenvalue weighted by Gasteiger charge is 2.18. The van der Waals surface area contributed by atoms with Crippen LogP contribution >= 0.6 is 0 Å². The predicted octanol–water partition coefficient (Wildman–Crippen LogP) is 3.03. The molecule has 3 rings (SSSR count). The van der Waals surface area contributed by atoms with Crippen LogP contribution in [0.4, 0.5) is 5.69 Å². The number of aromatic nitrogens is 1. The van der Waals surface area contributed by atoms with Crippen molar-refractivity contribution < 1.29 is 14.1 Å². The molecule has 138 valence electrons. The Morgan fingerprint density at radius 1 is 1.15 bits per heavy atom. The molecule has 0 saturated carbocycles. The van der Waals surface area contributed by atoms with Crippen molar-refractivity contribution in [1.29, 1.82) is 0 Å². The van der Waals surface area contributed by atoms with Crippen LogP contribution in [-0.2, 0) is 22.4 Å². The van der Waals surface area contributed by atoms with Gasteiger partial charge >= 0.3 is 0 Å². The Hall–Kier alpha value is -2.63. The van der Waals surface area contributed by atoms with E-state index >= 15 is 0 Å². The first-order valence-electron chi connectivity index (χ1n) is 9.11. The number of anilines is 1. The van der Waals surface area contributed by atoms with Crippen LogP contribution in [0.2, 0.25) is 0 Å². The molecule has 1 aromatic carbocycles. The molecule has 6 heteroatoms. The predicted molar refractivity (Wildman–Crippen MR) is 98.9 cm³/mol. The van der Waals surface area contributed by atoms with E-state index in [0.717, 1.165) is 54.2 Å². The van der Waals surface area contributed by atoms with Gasteiger partial charge in [0.05, 0.1) is 12.1 Å². The van der Waals surface area contributed by atoms with E-state index in [-0.39, 0.29) is 11.8 Å². The van der Waals surface area contributed by atoms with Gasteiger partial charge in [-0.25, -0.2) is 0 Å². The minimum Gasteiger partial charge on any atom is -0.361 e. The van der Waals surface area contributed by atoms with Gasteiger partial charge in [-0.1, -0.05) is 17.3 Å². The maximum atomic E-state index is 12.2. The molecular formula is C20H25N3O3. The number of rotatable bonds is 6. The summed E-state index contributed by atoms with van der Waals surface area (Å²) in [5, 5.41) is 6.80. The first-order chi connectivity index (χ1) is 12.5. The third-order valence-electron chi connectivity index (χ3n) is 4.84. The quantitative estimate of drug-likeness (QED) is 0.864. The minimum absolute atomic E-state index is 0.0501. The Kier molecular flexibility index (Phi) is 5.71.